The van der Waals surface area contributed by atoms with E-state index in [1.807, 2.05) is 13.8 Å². The summed E-state index contributed by atoms with van der Waals surface area (Å²) in [5, 5.41) is 5.05. The Hall–Kier alpha value is -3.31. The van der Waals surface area contributed by atoms with Gasteiger partial charge in [-0.05, 0) is 40.1 Å². The summed E-state index contributed by atoms with van der Waals surface area (Å²) in [7, 11) is 4.37. The number of nitrogens with zero attached hydrogens (tertiary/aromatic N) is 2. The number of nitrogens with one attached hydrogen (secondary N) is 2. The first kappa shape index (κ1) is 26.7. The van der Waals surface area contributed by atoms with Crippen molar-refractivity contribution < 1.29 is 14.4 Å². The van der Waals surface area contributed by atoms with Gasteiger partial charge in [0, 0.05) is 25.5 Å². The molecule has 8 N–H and O–H groups in total. The van der Waals surface area contributed by atoms with E-state index in [2.05, 4.69) is 27.1 Å². The van der Waals surface area contributed by atoms with E-state index >= 15 is 0 Å². The zero-order valence-corrected chi connectivity index (χ0v) is 18.0. The van der Waals surface area contributed by atoms with Crippen LogP contribution in [0.25, 0.3) is 11.0 Å². The maximum atomic E-state index is 12.7. The Balaban J connectivity index is 0.00000198. The molecule has 0 aliphatic rings. The van der Waals surface area contributed by atoms with Crippen molar-refractivity contribution in [3.8, 4) is 0 Å². The Morgan fingerprint density at radius 3 is 2.27 bits per heavy atom. The van der Waals surface area contributed by atoms with E-state index in [-0.39, 0.29) is 12.0 Å². The molecule has 166 valence electrons. The minimum absolute atomic E-state index is 0.136. The lowest BCUT2D eigenvalue weighted by atomic mass is 10.1. The predicted molar refractivity (Wildman–Crippen MR) is 116 cm³/mol. The highest BCUT2D eigenvalue weighted by atomic mass is 16.2. The van der Waals surface area contributed by atoms with Crippen LogP contribution >= 0.6 is 0 Å². The molecule has 30 heavy (non-hydrogen) atoms. The zero-order chi connectivity index (χ0) is 23.4. The van der Waals surface area contributed by atoms with Crippen LogP contribution in [0.1, 0.15) is 29.4 Å². The highest BCUT2D eigenvalue weighted by molar-refractivity contribution is 6.00. The summed E-state index contributed by atoms with van der Waals surface area (Å²) < 4.78 is 1.68. The fourth-order valence-electron chi connectivity index (χ4n) is 2.58. The Bertz CT molecular complexity index is 940. The number of fused-ring (bicyclic) bond motifs is 1. The summed E-state index contributed by atoms with van der Waals surface area (Å²) in [6.07, 6.45) is 1.03. The van der Waals surface area contributed by atoms with Gasteiger partial charge in [-0.1, -0.05) is 0 Å². The number of hydrogen-bond donors (Lipinski definition) is 5. The van der Waals surface area contributed by atoms with Crippen molar-refractivity contribution in [2.45, 2.75) is 32.9 Å². The smallest absolute Gasteiger partial charge is 0.257 e. The molecular weight excluding hydrogens is 390 g/mol. The Labute approximate surface area is 175 Å². The number of carbonyl (C=O) groups is 3. The summed E-state index contributed by atoms with van der Waals surface area (Å²) >= 11 is 0. The van der Waals surface area contributed by atoms with Gasteiger partial charge < -0.3 is 32.4 Å². The van der Waals surface area contributed by atoms with Crippen molar-refractivity contribution in [1.82, 2.24) is 20.2 Å². The van der Waals surface area contributed by atoms with Gasteiger partial charge in [0.25, 0.3) is 5.91 Å². The largest absolute Gasteiger partial charge is 0.370 e. The number of pyridine rings is 2. The van der Waals surface area contributed by atoms with Crippen LogP contribution in [-0.2, 0) is 16.1 Å². The molecule has 2 aromatic heterocycles. The summed E-state index contributed by atoms with van der Waals surface area (Å²) in [6.45, 7) is 4.16. The molecule has 0 saturated carbocycles. The number of hydrogen-bond acceptors (Lipinski definition) is 7. The van der Waals surface area contributed by atoms with Crippen LogP contribution < -0.4 is 33.3 Å². The lowest BCUT2D eigenvalue weighted by Gasteiger charge is -2.16. The molecular formula is C19H31N7O4. The summed E-state index contributed by atoms with van der Waals surface area (Å²) in [4.78, 5) is 52.6. The second kappa shape index (κ2) is 13.0. The minimum atomic E-state index is -1.16. The van der Waals surface area contributed by atoms with Gasteiger partial charge >= 0.3 is 0 Å². The average Bonchev–Trinajstić information content (AvgIpc) is 2.75. The number of likely N-dealkylation sites (N-methyl/N-ethyl adjacent to an activating group) is 1. The molecule has 0 spiro atoms. The van der Waals surface area contributed by atoms with Gasteiger partial charge in [-0.3, -0.25) is 19.2 Å². The van der Waals surface area contributed by atoms with Crippen LogP contribution in [-0.4, -0.2) is 54.5 Å². The fourth-order valence-corrected chi connectivity index (χ4v) is 2.58. The second-order valence-corrected chi connectivity index (χ2v) is 5.79. The molecule has 3 amide bonds. The molecule has 11 heteroatoms. The third kappa shape index (κ3) is 6.64. The van der Waals surface area contributed by atoms with Crippen LogP contribution in [0.2, 0.25) is 0 Å². The fraction of sp³-hybridized carbons (Fsp3) is 0.421. The van der Waals surface area contributed by atoms with Crippen molar-refractivity contribution >= 4 is 28.8 Å². The van der Waals surface area contributed by atoms with Crippen LogP contribution in [0, 0.1) is 6.92 Å². The second-order valence-electron chi connectivity index (χ2n) is 5.79. The summed E-state index contributed by atoms with van der Waals surface area (Å²) in [5.74, 6) is -2.08. The molecule has 0 aromatic carbocycles. The SMILES string of the molecule is CCn1cc(C(=O)N[C@@H](CC(N)=O)C(=O)NC)c(=O)c2ccc(C)nc21.CN.CN. The number of rotatable bonds is 6. The van der Waals surface area contributed by atoms with Crippen molar-refractivity contribution in [3.05, 3.63) is 39.8 Å². The first-order chi connectivity index (χ1) is 14.3. The van der Waals surface area contributed by atoms with Crippen LogP contribution in [0.4, 0.5) is 0 Å². The number of aryl methyl sites for hydroxylation is 2. The van der Waals surface area contributed by atoms with E-state index in [9.17, 15) is 19.2 Å². The monoisotopic (exact) mass is 421 g/mol. The first-order valence-corrected chi connectivity index (χ1v) is 9.25. The predicted octanol–water partition coefficient (Wildman–Crippen LogP) is -1.41. The maximum absolute atomic E-state index is 12.7. The van der Waals surface area contributed by atoms with Crippen molar-refractivity contribution in [2.24, 2.45) is 17.2 Å². The molecule has 1 atom stereocenters. The maximum Gasteiger partial charge on any atom is 0.257 e. The van der Waals surface area contributed by atoms with E-state index in [0.29, 0.717) is 17.6 Å². The molecule has 2 rings (SSSR count). The molecule has 11 nitrogen and oxygen atoms in total. The quantitative estimate of drug-likeness (QED) is 0.379. The normalized spacial score (nSPS) is 10.6. The van der Waals surface area contributed by atoms with Gasteiger partial charge in [0.1, 0.15) is 17.3 Å². The summed E-state index contributed by atoms with van der Waals surface area (Å²) in [5.41, 5.74) is 14.7. The topological polar surface area (TPSA) is 188 Å². The zero-order valence-electron chi connectivity index (χ0n) is 18.0. The number of aromatic nitrogens is 2. The van der Waals surface area contributed by atoms with Crippen LogP contribution in [0.3, 0.4) is 0 Å². The molecule has 0 aliphatic carbocycles. The third-order valence-electron chi connectivity index (χ3n) is 3.92. The highest BCUT2D eigenvalue weighted by Gasteiger charge is 2.24. The lowest BCUT2D eigenvalue weighted by Crippen LogP contribution is -2.48. The van der Waals surface area contributed by atoms with Gasteiger partial charge in [0.2, 0.25) is 17.2 Å². The van der Waals surface area contributed by atoms with Crippen LogP contribution in [0.5, 0.6) is 0 Å². The van der Waals surface area contributed by atoms with Crippen molar-refractivity contribution in [1.29, 1.82) is 0 Å². The van der Waals surface area contributed by atoms with Gasteiger partial charge in [-0.25, -0.2) is 4.98 Å². The van der Waals surface area contributed by atoms with E-state index < -0.39 is 29.2 Å². The van der Waals surface area contributed by atoms with E-state index in [0.717, 1.165) is 5.69 Å². The molecule has 0 saturated heterocycles. The molecule has 2 aromatic rings. The average molecular weight is 422 g/mol. The van der Waals surface area contributed by atoms with E-state index in [1.54, 1.807) is 16.7 Å². The third-order valence-corrected chi connectivity index (χ3v) is 3.92. The van der Waals surface area contributed by atoms with Gasteiger partial charge in [-0.2, -0.15) is 0 Å². The Morgan fingerprint density at radius 1 is 1.17 bits per heavy atom. The molecule has 0 radical (unpaired) electrons. The van der Waals surface area contributed by atoms with Gasteiger partial charge in [0.05, 0.1) is 11.8 Å². The van der Waals surface area contributed by atoms with Crippen LogP contribution in [0.15, 0.2) is 23.1 Å². The summed E-state index contributed by atoms with van der Waals surface area (Å²) in [6, 6.07) is 2.14. The molecule has 0 bridgehead atoms. The Morgan fingerprint density at radius 2 is 1.77 bits per heavy atom. The number of carbonyl (C=O) groups excluding carboxylic acids is 3. The van der Waals surface area contributed by atoms with Gasteiger partial charge in [0.15, 0.2) is 0 Å². The lowest BCUT2D eigenvalue weighted by molar-refractivity contribution is -0.126. The molecule has 0 aliphatic heterocycles. The molecule has 2 heterocycles. The van der Waals surface area contributed by atoms with Crippen molar-refractivity contribution in [2.75, 3.05) is 21.1 Å². The van der Waals surface area contributed by atoms with E-state index in [1.165, 1.54) is 27.3 Å². The van der Waals surface area contributed by atoms with Crippen molar-refractivity contribution in [3.63, 3.8) is 0 Å². The van der Waals surface area contributed by atoms with E-state index in [4.69, 9.17) is 5.73 Å². The Kier molecular flexibility index (Phi) is 11.6. The minimum Gasteiger partial charge on any atom is -0.370 e. The molecule has 0 fully saturated rings. The van der Waals surface area contributed by atoms with Gasteiger partial charge in [-0.15, -0.1) is 0 Å². The number of amides is 3. The standard InChI is InChI=1S/C17H21N5O4.2CH5N/c1-4-22-8-11(14(24)10-6-5-9(2)20-15(10)22)16(25)21-12(7-13(18)23)17(26)19-3;2*1-2/h5-6,8,12H,4,7H2,1-3H3,(H2,18,23)(H,19,26)(H,21,25);2*2H2,1H3/t12-;;/m0../s1. The first-order valence-electron chi connectivity index (χ1n) is 9.25. The number of nitrogens with two attached hydrogens (primary N) is 3. The number of primary amides is 1. The highest BCUT2D eigenvalue weighted by Crippen LogP contribution is 2.11. The molecule has 0 unspecified atom stereocenters.